The second-order valence-corrected chi connectivity index (χ2v) is 4.57. The molecule has 0 bridgehead atoms. The molecule has 98 valence electrons. The van der Waals surface area contributed by atoms with Gasteiger partial charge in [-0.25, -0.2) is 9.98 Å². The lowest BCUT2D eigenvalue weighted by atomic mass is 10.2. The van der Waals surface area contributed by atoms with Crippen LogP contribution in [0.1, 0.15) is 11.1 Å². The Morgan fingerprint density at radius 2 is 2.21 bits per heavy atom. The van der Waals surface area contributed by atoms with Gasteiger partial charge in [0.15, 0.2) is 5.96 Å². The Morgan fingerprint density at radius 1 is 1.37 bits per heavy atom. The van der Waals surface area contributed by atoms with E-state index in [4.69, 9.17) is 17.3 Å². The molecule has 0 atom stereocenters. The Kier molecular flexibility index (Phi) is 4.36. The molecule has 3 N–H and O–H groups in total. The van der Waals surface area contributed by atoms with Crippen LogP contribution in [0, 0.1) is 6.92 Å². The van der Waals surface area contributed by atoms with Crippen LogP contribution in [0.15, 0.2) is 47.6 Å². The van der Waals surface area contributed by atoms with Gasteiger partial charge in [0.05, 0.1) is 6.54 Å². The predicted octanol–water partition coefficient (Wildman–Crippen LogP) is 2.97. The summed E-state index contributed by atoms with van der Waals surface area (Å²) in [5, 5.41) is 3.52. The van der Waals surface area contributed by atoms with Crippen molar-refractivity contribution in [2.24, 2.45) is 10.7 Å². The summed E-state index contributed by atoms with van der Waals surface area (Å²) in [4.78, 5) is 8.24. The van der Waals surface area contributed by atoms with Gasteiger partial charge in [0.25, 0.3) is 0 Å². The number of rotatable bonds is 3. The molecule has 5 heteroatoms. The number of anilines is 1. The lowest BCUT2D eigenvalue weighted by Gasteiger charge is -2.06. The number of nitrogens with one attached hydrogen (secondary N) is 1. The van der Waals surface area contributed by atoms with Crippen molar-refractivity contribution in [3.63, 3.8) is 0 Å². The van der Waals surface area contributed by atoms with E-state index in [-0.39, 0.29) is 0 Å². The third-order valence-corrected chi connectivity index (χ3v) is 2.73. The van der Waals surface area contributed by atoms with Crippen LogP contribution in [0.5, 0.6) is 0 Å². The number of aromatic nitrogens is 1. The first kappa shape index (κ1) is 13.4. The molecule has 0 aliphatic rings. The average molecular weight is 275 g/mol. The SMILES string of the molecule is Cc1cccc(NC(N)=NCc2ccc(Cl)nc2)c1. The molecule has 19 heavy (non-hydrogen) atoms. The Balaban J connectivity index is 1.97. The fraction of sp³-hybridized carbons (Fsp3) is 0.143. The average Bonchev–Trinajstić information content (AvgIpc) is 2.38. The summed E-state index contributed by atoms with van der Waals surface area (Å²) in [5.41, 5.74) is 8.88. The summed E-state index contributed by atoms with van der Waals surface area (Å²) in [6, 6.07) is 11.5. The highest BCUT2D eigenvalue weighted by atomic mass is 35.5. The number of pyridine rings is 1. The smallest absolute Gasteiger partial charge is 0.193 e. The summed E-state index contributed by atoms with van der Waals surface area (Å²) in [7, 11) is 0. The van der Waals surface area contributed by atoms with Gasteiger partial charge in [-0.1, -0.05) is 29.8 Å². The van der Waals surface area contributed by atoms with Crippen LogP contribution in [0.25, 0.3) is 0 Å². The van der Waals surface area contributed by atoms with Crippen molar-refractivity contribution in [3.8, 4) is 0 Å². The molecular weight excluding hydrogens is 260 g/mol. The maximum absolute atomic E-state index is 5.83. The van der Waals surface area contributed by atoms with E-state index < -0.39 is 0 Å². The van der Waals surface area contributed by atoms with Crippen molar-refractivity contribution in [2.45, 2.75) is 13.5 Å². The zero-order valence-electron chi connectivity index (χ0n) is 10.6. The standard InChI is InChI=1S/C14H15ClN4/c1-10-3-2-4-12(7-10)19-14(16)18-9-11-5-6-13(15)17-8-11/h2-8H,9H2,1H3,(H3,16,18,19). The highest BCUT2D eigenvalue weighted by molar-refractivity contribution is 6.29. The molecule has 1 heterocycles. The topological polar surface area (TPSA) is 63.3 Å². The van der Waals surface area contributed by atoms with Gasteiger partial charge < -0.3 is 11.1 Å². The first-order valence-corrected chi connectivity index (χ1v) is 6.25. The quantitative estimate of drug-likeness (QED) is 0.514. The normalized spacial score (nSPS) is 11.4. The molecular formula is C14H15ClN4. The van der Waals surface area contributed by atoms with E-state index in [0.717, 1.165) is 11.3 Å². The monoisotopic (exact) mass is 274 g/mol. The van der Waals surface area contributed by atoms with Gasteiger partial charge in [-0.3, -0.25) is 0 Å². The summed E-state index contributed by atoms with van der Waals surface area (Å²) < 4.78 is 0. The lowest BCUT2D eigenvalue weighted by Crippen LogP contribution is -2.22. The molecule has 0 amide bonds. The number of hydrogen-bond acceptors (Lipinski definition) is 2. The number of hydrogen-bond donors (Lipinski definition) is 2. The van der Waals surface area contributed by atoms with Crippen LogP contribution in [0.2, 0.25) is 5.15 Å². The highest BCUT2D eigenvalue weighted by Crippen LogP contribution is 2.09. The van der Waals surface area contributed by atoms with Crippen molar-refractivity contribution in [1.29, 1.82) is 0 Å². The zero-order valence-corrected chi connectivity index (χ0v) is 11.4. The van der Waals surface area contributed by atoms with Crippen LogP contribution < -0.4 is 11.1 Å². The second kappa shape index (κ2) is 6.20. The number of halogens is 1. The molecule has 4 nitrogen and oxygen atoms in total. The van der Waals surface area contributed by atoms with Gasteiger partial charge in [-0.15, -0.1) is 0 Å². The second-order valence-electron chi connectivity index (χ2n) is 4.19. The molecule has 0 aliphatic heterocycles. The maximum Gasteiger partial charge on any atom is 0.193 e. The first-order chi connectivity index (χ1) is 9.13. The van der Waals surface area contributed by atoms with E-state index in [1.54, 1.807) is 12.3 Å². The Hall–Kier alpha value is -2.07. The Labute approximate surface area is 117 Å². The van der Waals surface area contributed by atoms with Crippen LogP contribution in [-0.2, 0) is 6.54 Å². The minimum absolute atomic E-state index is 0.376. The van der Waals surface area contributed by atoms with Crippen molar-refractivity contribution in [2.75, 3.05) is 5.32 Å². The maximum atomic E-state index is 5.83. The van der Waals surface area contributed by atoms with Gasteiger partial charge in [0.1, 0.15) is 5.15 Å². The van der Waals surface area contributed by atoms with E-state index in [0.29, 0.717) is 17.7 Å². The molecule has 0 saturated heterocycles. The van der Waals surface area contributed by atoms with E-state index in [2.05, 4.69) is 15.3 Å². The van der Waals surface area contributed by atoms with Gasteiger partial charge in [0, 0.05) is 11.9 Å². The fourth-order valence-corrected chi connectivity index (χ4v) is 1.70. The van der Waals surface area contributed by atoms with E-state index >= 15 is 0 Å². The molecule has 0 spiro atoms. The minimum Gasteiger partial charge on any atom is -0.370 e. The summed E-state index contributed by atoms with van der Waals surface area (Å²) in [6.07, 6.45) is 1.69. The van der Waals surface area contributed by atoms with Crippen molar-refractivity contribution < 1.29 is 0 Å². The predicted molar refractivity (Wildman–Crippen MR) is 79.4 cm³/mol. The summed E-state index contributed by atoms with van der Waals surface area (Å²) >= 11 is 5.71. The van der Waals surface area contributed by atoms with Crippen molar-refractivity contribution >= 4 is 23.2 Å². The van der Waals surface area contributed by atoms with Gasteiger partial charge >= 0.3 is 0 Å². The van der Waals surface area contributed by atoms with Crippen LogP contribution in [0.3, 0.4) is 0 Å². The minimum atomic E-state index is 0.376. The number of aryl methyl sites for hydroxylation is 1. The van der Waals surface area contributed by atoms with E-state index in [1.165, 1.54) is 5.56 Å². The number of guanidine groups is 1. The Morgan fingerprint density at radius 3 is 2.89 bits per heavy atom. The van der Waals surface area contributed by atoms with Crippen molar-refractivity contribution in [1.82, 2.24) is 4.98 Å². The van der Waals surface area contributed by atoms with Crippen LogP contribution in [-0.4, -0.2) is 10.9 Å². The molecule has 2 rings (SSSR count). The van der Waals surface area contributed by atoms with Crippen LogP contribution >= 0.6 is 11.6 Å². The van der Waals surface area contributed by atoms with Gasteiger partial charge in [-0.2, -0.15) is 0 Å². The summed E-state index contributed by atoms with van der Waals surface area (Å²) in [5.74, 6) is 0.376. The van der Waals surface area contributed by atoms with Gasteiger partial charge in [-0.05, 0) is 36.2 Å². The summed E-state index contributed by atoms with van der Waals surface area (Å²) in [6.45, 7) is 2.49. The molecule has 0 fully saturated rings. The zero-order chi connectivity index (χ0) is 13.7. The molecule has 0 aliphatic carbocycles. The largest absolute Gasteiger partial charge is 0.370 e. The number of nitrogens with two attached hydrogens (primary N) is 1. The third kappa shape index (κ3) is 4.26. The molecule has 1 aromatic carbocycles. The molecule has 0 radical (unpaired) electrons. The third-order valence-electron chi connectivity index (χ3n) is 2.51. The van der Waals surface area contributed by atoms with Crippen LogP contribution in [0.4, 0.5) is 5.69 Å². The highest BCUT2D eigenvalue weighted by Gasteiger charge is 1.96. The van der Waals surface area contributed by atoms with Crippen molar-refractivity contribution in [3.05, 3.63) is 58.9 Å². The van der Waals surface area contributed by atoms with Gasteiger partial charge in [0.2, 0.25) is 0 Å². The molecule has 0 unspecified atom stereocenters. The number of benzene rings is 1. The fourth-order valence-electron chi connectivity index (χ4n) is 1.59. The molecule has 1 aromatic heterocycles. The lowest BCUT2D eigenvalue weighted by molar-refractivity contribution is 1.04. The number of aliphatic imine (C=N–C) groups is 1. The van der Waals surface area contributed by atoms with E-state index in [9.17, 15) is 0 Å². The Bertz CT molecular complexity index is 578. The van der Waals surface area contributed by atoms with E-state index in [1.807, 2.05) is 37.3 Å². The first-order valence-electron chi connectivity index (χ1n) is 5.87. The molecule has 2 aromatic rings. The molecule has 0 saturated carbocycles. The number of nitrogens with zero attached hydrogens (tertiary/aromatic N) is 2.